The summed E-state index contributed by atoms with van der Waals surface area (Å²) < 4.78 is 1.89. The minimum Gasteiger partial charge on any atom is -0.309 e. The minimum atomic E-state index is 0.0995. The first-order valence-electron chi connectivity index (χ1n) is 11.6. The Bertz CT molecular complexity index is 1310. The maximum Gasteiger partial charge on any atom is 0.241 e. The van der Waals surface area contributed by atoms with Gasteiger partial charge in [-0.05, 0) is 42.8 Å². The highest BCUT2D eigenvalue weighted by atomic mass is 16.2. The Morgan fingerprint density at radius 1 is 1.09 bits per heavy atom. The van der Waals surface area contributed by atoms with Crippen molar-refractivity contribution in [2.24, 2.45) is 0 Å². The van der Waals surface area contributed by atoms with Crippen molar-refractivity contribution in [3.05, 3.63) is 60.7 Å². The molecular weight excluding hydrogens is 428 g/mol. The molecule has 1 saturated heterocycles. The summed E-state index contributed by atoms with van der Waals surface area (Å²) >= 11 is 0. The first kappa shape index (κ1) is 22.0. The molecule has 0 spiro atoms. The van der Waals surface area contributed by atoms with Gasteiger partial charge < -0.3 is 10.2 Å². The number of fused-ring (bicyclic) bond motifs is 1. The van der Waals surface area contributed by atoms with Gasteiger partial charge >= 0.3 is 0 Å². The quantitative estimate of drug-likeness (QED) is 0.473. The van der Waals surface area contributed by atoms with Crippen molar-refractivity contribution in [2.75, 3.05) is 36.4 Å². The normalized spacial score (nSPS) is 14.8. The molecule has 9 heteroatoms. The number of aromatic nitrogens is 5. The zero-order chi connectivity index (χ0) is 23.7. The molecule has 1 N–H and O–H groups in total. The Hall–Kier alpha value is -3.85. The summed E-state index contributed by atoms with van der Waals surface area (Å²) in [5.74, 6) is 1.56. The van der Waals surface area contributed by atoms with E-state index in [2.05, 4.69) is 57.1 Å². The molecule has 0 aromatic carbocycles. The number of hydrogen-bond acceptors (Lipinski definition) is 7. The number of pyridine rings is 2. The SMILES string of the molecule is CCN1CCN(c2ccc(Nc3nccc(-c4ccn5ncc(C(C)C)c5c4)n3)nc2)C(=O)C1. The molecule has 1 aliphatic rings. The third-order valence-electron chi connectivity index (χ3n) is 6.17. The van der Waals surface area contributed by atoms with Gasteiger partial charge in [-0.25, -0.2) is 19.5 Å². The van der Waals surface area contributed by atoms with Crippen LogP contribution in [0.5, 0.6) is 0 Å². The number of amides is 1. The van der Waals surface area contributed by atoms with E-state index in [1.54, 1.807) is 17.3 Å². The zero-order valence-corrected chi connectivity index (χ0v) is 19.6. The second-order valence-corrected chi connectivity index (χ2v) is 8.71. The predicted molar refractivity (Wildman–Crippen MR) is 132 cm³/mol. The van der Waals surface area contributed by atoms with E-state index >= 15 is 0 Å². The summed E-state index contributed by atoms with van der Waals surface area (Å²) in [4.78, 5) is 29.9. The molecule has 0 radical (unpaired) electrons. The fraction of sp³-hybridized carbons (Fsp3) is 0.320. The molecule has 0 atom stereocenters. The molecule has 5 rings (SSSR count). The fourth-order valence-corrected chi connectivity index (χ4v) is 4.18. The molecule has 34 heavy (non-hydrogen) atoms. The molecule has 0 aliphatic carbocycles. The molecule has 4 aromatic rings. The van der Waals surface area contributed by atoms with Crippen molar-refractivity contribution in [1.29, 1.82) is 0 Å². The molecule has 174 valence electrons. The maximum absolute atomic E-state index is 12.5. The van der Waals surface area contributed by atoms with Crippen molar-refractivity contribution in [3.63, 3.8) is 0 Å². The highest BCUT2D eigenvalue weighted by Gasteiger charge is 2.24. The van der Waals surface area contributed by atoms with Crippen molar-refractivity contribution in [3.8, 4) is 11.3 Å². The van der Waals surface area contributed by atoms with Crippen molar-refractivity contribution >= 4 is 28.9 Å². The standard InChI is InChI=1S/C25H28N8O/c1-4-31-11-12-32(24(34)16-31)19-5-6-23(27-14-19)30-25-26-9-7-21(29-25)18-8-10-33-22(13-18)20(15-28-33)17(2)3/h5-10,13-15,17H,4,11-12,16H2,1-3H3,(H,26,27,29,30). The van der Waals surface area contributed by atoms with E-state index in [0.717, 1.165) is 35.6 Å². The van der Waals surface area contributed by atoms with E-state index in [1.165, 1.54) is 5.56 Å². The van der Waals surface area contributed by atoms with Gasteiger partial charge in [0.05, 0.1) is 35.8 Å². The molecule has 0 unspecified atom stereocenters. The second-order valence-electron chi connectivity index (χ2n) is 8.71. The number of piperazine rings is 1. The number of nitrogens with one attached hydrogen (secondary N) is 1. The van der Waals surface area contributed by atoms with Crippen LogP contribution in [0.2, 0.25) is 0 Å². The zero-order valence-electron chi connectivity index (χ0n) is 19.6. The number of rotatable bonds is 6. The van der Waals surface area contributed by atoms with Gasteiger partial charge in [-0.1, -0.05) is 20.8 Å². The summed E-state index contributed by atoms with van der Waals surface area (Å²) in [6.45, 7) is 9.27. The average Bonchev–Trinajstić information content (AvgIpc) is 3.28. The van der Waals surface area contributed by atoms with Gasteiger partial charge in [0.25, 0.3) is 0 Å². The van der Waals surface area contributed by atoms with Gasteiger partial charge in [-0.2, -0.15) is 5.10 Å². The Morgan fingerprint density at radius 2 is 1.97 bits per heavy atom. The molecule has 1 fully saturated rings. The third-order valence-corrected chi connectivity index (χ3v) is 6.17. The van der Waals surface area contributed by atoms with Crippen LogP contribution < -0.4 is 10.2 Å². The van der Waals surface area contributed by atoms with Crippen LogP contribution in [-0.4, -0.2) is 61.6 Å². The molecule has 4 aromatic heterocycles. The average molecular weight is 457 g/mol. The lowest BCUT2D eigenvalue weighted by Gasteiger charge is -2.33. The summed E-state index contributed by atoms with van der Waals surface area (Å²) in [5.41, 5.74) is 4.89. The van der Waals surface area contributed by atoms with Crippen LogP contribution in [0, 0.1) is 0 Å². The van der Waals surface area contributed by atoms with Gasteiger partial charge in [-0.15, -0.1) is 0 Å². The van der Waals surface area contributed by atoms with Crippen LogP contribution in [0.1, 0.15) is 32.3 Å². The number of hydrogen-bond donors (Lipinski definition) is 1. The number of likely N-dealkylation sites (N-methyl/N-ethyl adjacent to an activating group) is 1. The Balaban J connectivity index is 1.33. The molecule has 9 nitrogen and oxygen atoms in total. The fourth-order valence-electron chi connectivity index (χ4n) is 4.18. The first-order chi connectivity index (χ1) is 16.5. The summed E-state index contributed by atoms with van der Waals surface area (Å²) in [6.07, 6.45) is 7.32. The molecule has 1 aliphatic heterocycles. The number of nitrogens with zero attached hydrogens (tertiary/aromatic N) is 7. The van der Waals surface area contributed by atoms with E-state index in [1.807, 2.05) is 41.2 Å². The predicted octanol–water partition coefficient (Wildman–Crippen LogP) is 3.72. The number of carbonyl (C=O) groups excluding carboxylic acids is 1. The van der Waals surface area contributed by atoms with E-state index in [4.69, 9.17) is 0 Å². The van der Waals surface area contributed by atoms with Crippen LogP contribution in [0.4, 0.5) is 17.5 Å². The van der Waals surface area contributed by atoms with E-state index in [9.17, 15) is 4.79 Å². The van der Waals surface area contributed by atoms with Gasteiger partial charge in [0.1, 0.15) is 5.82 Å². The van der Waals surface area contributed by atoms with Crippen LogP contribution >= 0.6 is 0 Å². The lowest BCUT2D eigenvalue weighted by Crippen LogP contribution is -2.50. The van der Waals surface area contributed by atoms with Crippen molar-refractivity contribution in [1.82, 2.24) is 29.5 Å². The van der Waals surface area contributed by atoms with Gasteiger partial charge in [0.15, 0.2) is 0 Å². The van der Waals surface area contributed by atoms with E-state index in [-0.39, 0.29) is 5.91 Å². The number of anilines is 3. The summed E-state index contributed by atoms with van der Waals surface area (Å²) in [5, 5.41) is 7.61. The molecule has 5 heterocycles. The molecule has 1 amide bonds. The third kappa shape index (κ3) is 4.34. The smallest absolute Gasteiger partial charge is 0.241 e. The minimum absolute atomic E-state index is 0.0995. The first-order valence-corrected chi connectivity index (χ1v) is 11.6. The summed E-state index contributed by atoms with van der Waals surface area (Å²) in [7, 11) is 0. The van der Waals surface area contributed by atoms with Crippen LogP contribution in [0.3, 0.4) is 0 Å². The molecular formula is C25H28N8O. The Morgan fingerprint density at radius 3 is 2.71 bits per heavy atom. The highest BCUT2D eigenvalue weighted by Crippen LogP contribution is 2.26. The summed E-state index contributed by atoms with van der Waals surface area (Å²) in [6, 6.07) is 9.74. The van der Waals surface area contributed by atoms with E-state index < -0.39 is 0 Å². The molecule has 0 saturated carbocycles. The van der Waals surface area contributed by atoms with Gasteiger partial charge in [-0.3, -0.25) is 9.69 Å². The van der Waals surface area contributed by atoms with Gasteiger partial charge in [0.2, 0.25) is 11.9 Å². The highest BCUT2D eigenvalue weighted by molar-refractivity contribution is 5.95. The Labute approximate surface area is 198 Å². The largest absolute Gasteiger partial charge is 0.309 e. The second kappa shape index (κ2) is 9.18. The Kier molecular flexibility index (Phi) is 5.93. The number of carbonyl (C=O) groups is 1. The lowest BCUT2D eigenvalue weighted by molar-refractivity contribution is -0.121. The topological polar surface area (TPSA) is 91.6 Å². The van der Waals surface area contributed by atoms with Crippen molar-refractivity contribution < 1.29 is 4.79 Å². The van der Waals surface area contributed by atoms with Gasteiger partial charge in [0, 0.05) is 36.6 Å². The van der Waals surface area contributed by atoms with Crippen LogP contribution in [0.25, 0.3) is 16.8 Å². The maximum atomic E-state index is 12.5. The van der Waals surface area contributed by atoms with Crippen LogP contribution in [0.15, 0.2) is 55.1 Å². The van der Waals surface area contributed by atoms with Crippen LogP contribution in [-0.2, 0) is 4.79 Å². The van der Waals surface area contributed by atoms with Crippen molar-refractivity contribution in [2.45, 2.75) is 26.7 Å². The molecule has 0 bridgehead atoms. The lowest BCUT2D eigenvalue weighted by atomic mass is 10.0. The van der Waals surface area contributed by atoms with E-state index in [0.29, 0.717) is 30.8 Å². The monoisotopic (exact) mass is 456 g/mol.